The number of methoxy groups -OCH3 is 1. The van der Waals surface area contributed by atoms with E-state index in [1.807, 2.05) is 73.7 Å². The van der Waals surface area contributed by atoms with E-state index in [0.29, 0.717) is 20.6 Å². The van der Waals surface area contributed by atoms with Crippen LogP contribution in [0.2, 0.25) is 0 Å². The summed E-state index contributed by atoms with van der Waals surface area (Å²) in [6.07, 6.45) is 3.71. The van der Waals surface area contributed by atoms with Crippen molar-refractivity contribution in [3.05, 3.63) is 102 Å². The fraction of sp³-hybridized carbons (Fsp3) is 0.192. The summed E-state index contributed by atoms with van der Waals surface area (Å²) in [6.45, 7) is 3.73. The van der Waals surface area contributed by atoms with Crippen LogP contribution in [0.5, 0.6) is 5.75 Å². The van der Waals surface area contributed by atoms with Crippen molar-refractivity contribution in [3.8, 4) is 5.75 Å². The van der Waals surface area contributed by atoms with Crippen LogP contribution >= 0.6 is 11.3 Å². The van der Waals surface area contributed by atoms with Crippen molar-refractivity contribution in [1.29, 1.82) is 0 Å². The van der Waals surface area contributed by atoms with Crippen LogP contribution in [-0.2, 0) is 9.53 Å². The van der Waals surface area contributed by atoms with Crippen molar-refractivity contribution < 1.29 is 14.3 Å². The third-order valence-electron chi connectivity index (χ3n) is 5.85. The zero-order valence-corrected chi connectivity index (χ0v) is 19.3. The van der Waals surface area contributed by atoms with E-state index >= 15 is 0 Å². The number of fused-ring (bicyclic) bond motifs is 2. The van der Waals surface area contributed by atoms with Crippen LogP contribution in [0.3, 0.4) is 0 Å². The summed E-state index contributed by atoms with van der Waals surface area (Å²) in [4.78, 5) is 31.4. The summed E-state index contributed by atoms with van der Waals surface area (Å²) in [6, 6.07) is 16.7. The van der Waals surface area contributed by atoms with Crippen molar-refractivity contribution in [2.24, 2.45) is 4.99 Å². The van der Waals surface area contributed by atoms with E-state index in [0.717, 1.165) is 22.4 Å². The molecule has 0 fully saturated rings. The number of hydrogen-bond donors (Lipinski definition) is 0. The number of hydrogen-bond acceptors (Lipinski definition) is 6. The smallest absolute Gasteiger partial charge is 0.338 e. The van der Waals surface area contributed by atoms with Crippen molar-refractivity contribution in [2.45, 2.75) is 26.0 Å². The lowest BCUT2D eigenvalue weighted by molar-refractivity contribution is -0.136. The van der Waals surface area contributed by atoms with Gasteiger partial charge in [-0.05, 0) is 43.2 Å². The molecule has 0 aliphatic carbocycles. The standard InChI is InChI=1S/C26H22N2O4S/c1-15-22(25(30)31-3)23(17-9-5-4-6-10-17)28-24(29)21(33-26(28)27-15)14-19-13-18-11-7-8-12-20(18)32-16(19)2/h4-14,16,23H,1-3H3. The van der Waals surface area contributed by atoms with Crippen LogP contribution in [0, 0.1) is 0 Å². The molecule has 5 rings (SSSR count). The lowest BCUT2D eigenvalue weighted by Gasteiger charge is -2.24. The molecule has 2 aliphatic heterocycles. The molecule has 0 saturated carbocycles. The highest BCUT2D eigenvalue weighted by Gasteiger charge is 2.33. The molecule has 0 saturated heterocycles. The van der Waals surface area contributed by atoms with Crippen LogP contribution < -0.4 is 19.6 Å². The zero-order chi connectivity index (χ0) is 23.1. The first-order chi connectivity index (χ1) is 16.0. The fourth-order valence-electron chi connectivity index (χ4n) is 4.22. The maximum atomic E-state index is 13.6. The number of nitrogens with zero attached hydrogens (tertiary/aromatic N) is 2. The SMILES string of the molecule is COC(=O)C1=C(C)N=c2sc(=CC3=Cc4ccccc4OC3C)c(=O)n2C1c1ccccc1. The largest absolute Gasteiger partial charge is 0.485 e. The molecule has 2 unspecified atom stereocenters. The van der Waals surface area contributed by atoms with Gasteiger partial charge in [0.1, 0.15) is 11.9 Å². The third kappa shape index (κ3) is 3.64. The predicted molar refractivity (Wildman–Crippen MR) is 128 cm³/mol. The first kappa shape index (κ1) is 21.2. The fourth-order valence-corrected chi connectivity index (χ4v) is 5.26. The molecule has 166 valence electrons. The first-order valence-electron chi connectivity index (χ1n) is 10.6. The number of rotatable bonds is 3. The number of esters is 1. The molecule has 3 aromatic rings. The highest BCUT2D eigenvalue weighted by molar-refractivity contribution is 7.07. The molecule has 0 spiro atoms. The zero-order valence-electron chi connectivity index (χ0n) is 18.4. The van der Waals surface area contributed by atoms with E-state index in [4.69, 9.17) is 9.47 Å². The quantitative estimate of drug-likeness (QED) is 0.565. The molecule has 2 aliphatic rings. The van der Waals surface area contributed by atoms with Crippen molar-refractivity contribution in [3.63, 3.8) is 0 Å². The minimum absolute atomic E-state index is 0.198. The maximum Gasteiger partial charge on any atom is 0.338 e. The highest BCUT2D eigenvalue weighted by atomic mass is 32.1. The second-order valence-electron chi connectivity index (χ2n) is 7.93. The van der Waals surface area contributed by atoms with Crippen LogP contribution in [0.1, 0.15) is 31.0 Å². The average Bonchev–Trinajstić information content (AvgIpc) is 3.13. The van der Waals surface area contributed by atoms with Crippen LogP contribution in [-0.4, -0.2) is 23.8 Å². The Bertz CT molecular complexity index is 1490. The van der Waals surface area contributed by atoms with Crippen LogP contribution in [0.15, 0.2) is 81.2 Å². The maximum absolute atomic E-state index is 13.6. The summed E-state index contributed by atoms with van der Waals surface area (Å²) in [7, 11) is 1.34. The molecule has 2 atom stereocenters. The minimum atomic E-state index is -0.605. The van der Waals surface area contributed by atoms with Crippen LogP contribution in [0.25, 0.3) is 12.2 Å². The number of carbonyl (C=O) groups is 1. The molecule has 6 nitrogen and oxygen atoms in total. The molecule has 2 aromatic carbocycles. The Morgan fingerprint density at radius 2 is 1.88 bits per heavy atom. The average molecular weight is 459 g/mol. The van der Waals surface area contributed by atoms with Gasteiger partial charge in [-0.1, -0.05) is 59.9 Å². The molecular formula is C26H22N2O4S. The summed E-state index contributed by atoms with van der Waals surface area (Å²) in [5.74, 6) is 0.332. The number of thiazole rings is 1. The van der Waals surface area contributed by atoms with Gasteiger partial charge in [-0.25, -0.2) is 9.79 Å². The van der Waals surface area contributed by atoms with Crippen LogP contribution in [0.4, 0.5) is 0 Å². The molecule has 0 N–H and O–H groups in total. The van der Waals surface area contributed by atoms with Gasteiger partial charge in [0.2, 0.25) is 0 Å². The number of aromatic nitrogens is 1. The minimum Gasteiger partial charge on any atom is -0.485 e. The van der Waals surface area contributed by atoms with Gasteiger partial charge in [-0.2, -0.15) is 0 Å². The molecule has 1 aromatic heterocycles. The molecule has 7 heteroatoms. The van der Waals surface area contributed by atoms with Crippen molar-refractivity contribution in [1.82, 2.24) is 4.57 Å². The van der Waals surface area contributed by atoms with E-state index in [1.54, 1.807) is 11.5 Å². The normalized spacial score (nSPS) is 19.7. The Morgan fingerprint density at radius 1 is 1.15 bits per heavy atom. The van der Waals surface area contributed by atoms with E-state index < -0.39 is 12.0 Å². The van der Waals surface area contributed by atoms with Gasteiger partial charge in [-0.3, -0.25) is 9.36 Å². The number of allylic oxidation sites excluding steroid dienone is 1. The number of ether oxygens (including phenoxy) is 2. The number of benzene rings is 2. The summed E-state index contributed by atoms with van der Waals surface area (Å²) >= 11 is 1.31. The van der Waals surface area contributed by atoms with Gasteiger partial charge in [0.15, 0.2) is 4.80 Å². The summed E-state index contributed by atoms with van der Waals surface area (Å²) < 4.78 is 13.2. The van der Waals surface area contributed by atoms with Crippen molar-refractivity contribution in [2.75, 3.05) is 7.11 Å². The predicted octanol–water partition coefficient (Wildman–Crippen LogP) is 3.22. The van der Waals surface area contributed by atoms with Gasteiger partial charge in [0.25, 0.3) is 5.56 Å². The third-order valence-corrected chi connectivity index (χ3v) is 6.84. The Kier molecular flexibility index (Phi) is 5.34. The summed E-state index contributed by atoms with van der Waals surface area (Å²) in [5, 5.41) is 0. The second kappa shape index (κ2) is 8.33. The molecule has 3 heterocycles. The monoisotopic (exact) mass is 458 g/mol. The first-order valence-corrected chi connectivity index (χ1v) is 11.4. The Balaban J connectivity index is 1.71. The van der Waals surface area contributed by atoms with E-state index in [9.17, 15) is 9.59 Å². The van der Waals surface area contributed by atoms with E-state index in [2.05, 4.69) is 4.99 Å². The van der Waals surface area contributed by atoms with Gasteiger partial charge in [0, 0.05) is 5.56 Å². The number of para-hydroxylation sites is 1. The Hall–Kier alpha value is -3.71. The van der Waals surface area contributed by atoms with E-state index in [-0.39, 0.29) is 11.7 Å². The van der Waals surface area contributed by atoms with Crippen molar-refractivity contribution >= 4 is 29.5 Å². The lowest BCUT2D eigenvalue weighted by Crippen LogP contribution is -2.39. The van der Waals surface area contributed by atoms with Gasteiger partial charge < -0.3 is 9.47 Å². The van der Waals surface area contributed by atoms with Gasteiger partial charge >= 0.3 is 5.97 Å². The van der Waals surface area contributed by atoms with Gasteiger partial charge in [-0.15, -0.1) is 0 Å². The molecule has 0 radical (unpaired) electrons. The van der Waals surface area contributed by atoms with E-state index in [1.165, 1.54) is 18.4 Å². The highest BCUT2D eigenvalue weighted by Crippen LogP contribution is 2.31. The molecule has 33 heavy (non-hydrogen) atoms. The molecular weight excluding hydrogens is 436 g/mol. The molecule has 0 amide bonds. The molecule has 0 bridgehead atoms. The Labute approximate surface area is 194 Å². The summed E-state index contributed by atoms with van der Waals surface area (Å²) in [5.41, 5.74) is 3.41. The van der Waals surface area contributed by atoms with Gasteiger partial charge in [0.05, 0.1) is 29.0 Å². The topological polar surface area (TPSA) is 69.9 Å². The number of carbonyl (C=O) groups excluding carboxylic acids is 1. The second-order valence-corrected chi connectivity index (χ2v) is 8.94. The Morgan fingerprint density at radius 3 is 2.64 bits per heavy atom. The lowest BCUT2D eigenvalue weighted by atomic mass is 9.96.